The number of benzene rings is 1. The maximum atomic E-state index is 11.8. The average molecular weight is 281 g/mol. The predicted octanol–water partition coefficient (Wildman–Crippen LogP) is 0.676. The van der Waals surface area contributed by atoms with Gasteiger partial charge in [0, 0.05) is 18.7 Å². The molecule has 0 bridgehead atoms. The van der Waals surface area contributed by atoms with Crippen molar-refractivity contribution in [3.63, 3.8) is 0 Å². The topological polar surface area (TPSA) is 88.7 Å². The third-order valence-electron chi connectivity index (χ3n) is 2.35. The normalized spacial score (nSPS) is 9.70. The summed E-state index contributed by atoms with van der Waals surface area (Å²) in [7, 11) is 1.57. The van der Waals surface area contributed by atoms with Gasteiger partial charge in [0.15, 0.2) is 0 Å². The van der Waals surface area contributed by atoms with Gasteiger partial charge >= 0.3 is 6.09 Å². The fourth-order valence-electron chi connectivity index (χ4n) is 1.38. The first-order valence-electron chi connectivity index (χ1n) is 6.25. The third kappa shape index (κ3) is 5.57. The Balaban J connectivity index is 2.21. The van der Waals surface area contributed by atoms with E-state index in [0.29, 0.717) is 31.0 Å². The van der Waals surface area contributed by atoms with Gasteiger partial charge in [0.25, 0.3) is 5.91 Å². The van der Waals surface area contributed by atoms with E-state index in [1.165, 1.54) is 0 Å². The molecule has 0 aliphatic carbocycles. The van der Waals surface area contributed by atoms with Crippen LogP contribution in [0.2, 0.25) is 0 Å². The van der Waals surface area contributed by atoms with Gasteiger partial charge in [-0.15, -0.1) is 0 Å². The predicted molar refractivity (Wildman–Crippen MR) is 73.5 cm³/mol. The number of carbonyl (C=O) groups is 2. The van der Waals surface area contributed by atoms with Crippen LogP contribution in [0.4, 0.5) is 4.79 Å². The lowest BCUT2D eigenvalue weighted by molar-refractivity contribution is 0.0953. The standard InChI is InChI=1S/C13H19N3O4/c1-3-20-13(18)16-15-9-8-14-12(17)10-4-6-11(19-2)7-5-10/h4-7,15H,3,8-9H2,1-2H3,(H,14,17)(H,16,18). The molecule has 110 valence electrons. The maximum absolute atomic E-state index is 11.8. The monoisotopic (exact) mass is 281 g/mol. The first kappa shape index (κ1) is 15.8. The van der Waals surface area contributed by atoms with Gasteiger partial charge in [-0.1, -0.05) is 0 Å². The molecule has 0 unspecified atom stereocenters. The van der Waals surface area contributed by atoms with Gasteiger partial charge in [0.05, 0.1) is 13.7 Å². The van der Waals surface area contributed by atoms with E-state index in [1.54, 1.807) is 38.3 Å². The number of carbonyl (C=O) groups excluding carboxylic acids is 2. The van der Waals surface area contributed by atoms with Crippen molar-refractivity contribution >= 4 is 12.0 Å². The molecule has 1 rings (SSSR count). The molecular weight excluding hydrogens is 262 g/mol. The van der Waals surface area contributed by atoms with Crippen molar-refractivity contribution in [3.8, 4) is 5.75 Å². The Morgan fingerprint density at radius 1 is 1.15 bits per heavy atom. The zero-order valence-corrected chi connectivity index (χ0v) is 11.6. The SMILES string of the molecule is CCOC(=O)NNCCNC(=O)c1ccc(OC)cc1. The van der Waals surface area contributed by atoms with Gasteiger partial charge in [-0.3, -0.25) is 10.2 Å². The van der Waals surface area contributed by atoms with Crippen LogP contribution in [-0.2, 0) is 4.74 Å². The van der Waals surface area contributed by atoms with Crippen molar-refractivity contribution in [1.82, 2.24) is 16.2 Å². The smallest absolute Gasteiger partial charge is 0.421 e. The number of ether oxygens (including phenoxy) is 2. The van der Waals surface area contributed by atoms with Gasteiger partial charge in [-0.05, 0) is 31.2 Å². The molecule has 0 spiro atoms. The highest BCUT2D eigenvalue weighted by Gasteiger charge is 2.04. The molecule has 0 aliphatic rings. The third-order valence-corrected chi connectivity index (χ3v) is 2.35. The second kappa shape index (κ2) is 8.76. The van der Waals surface area contributed by atoms with Crippen LogP contribution in [0.3, 0.4) is 0 Å². The summed E-state index contributed by atoms with van der Waals surface area (Å²) in [5, 5.41) is 2.71. The fraction of sp³-hybridized carbons (Fsp3) is 0.385. The highest BCUT2D eigenvalue weighted by molar-refractivity contribution is 5.94. The van der Waals surface area contributed by atoms with Crippen molar-refractivity contribution in [2.45, 2.75) is 6.92 Å². The number of hydrazine groups is 1. The summed E-state index contributed by atoms with van der Waals surface area (Å²) in [6, 6.07) is 6.79. The molecule has 20 heavy (non-hydrogen) atoms. The number of methoxy groups -OCH3 is 1. The lowest BCUT2D eigenvalue weighted by Gasteiger charge is -2.08. The molecule has 0 heterocycles. The van der Waals surface area contributed by atoms with Gasteiger partial charge in [-0.2, -0.15) is 0 Å². The van der Waals surface area contributed by atoms with Crippen molar-refractivity contribution in [3.05, 3.63) is 29.8 Å². The molecule has 1 aromatic rings. The Hall–Kier alpha value is -2.28. The number of hydrogen-bond acceptors (Lipinski definition) is 5. The molecule has 0 aliphatic heterocycles. The largest absolute Gasteiger partial charge is 0.497 e. The molecule has 2 amide bonds. The first-order chi connectivity index (χ1) is 9.67. The first-order valence-corrected chi connectivity index (χ1v) is 6.25. The van der Waals surface area contributed by atoms with Crippen LogP contribution in [0.5, 0.6) is 5.75 Å². The lowest BCUT2D eigenvalue weighted by Crippen LogP contribution is -2.42. The van der Waals surface area contributed by atoms with E-state index in [9.17, 15) is 9.59 Å². The molecule has 0 radical (unpaired) electrons. The quantitative estimate of drug-likeness (QED) is 0.505. The summed E-state index contributed by atoms with van der Waals surface area (Å²) in [5.41, 5.74) is 5.51. The van der Waals surface area contributed by atoms with Gasteiger partial charge in [0.1, 0.15) is 5.75 Å². The zero-order valence-electron chi connectivity index (χ0n) is 11.6. The summed E-state index contributed by atoms with van der Waals surface area (Å²) in [4.78, 5) is 22.7. The van der Waals surface area contributed by atoms with Gasteiger partial charge in [-0.25, -0.2) is 10.2 Å². The number of amides is 2. The highest BCUT2D eigenvalue weighted by Crippen LogP contribution is 2.10. The Kier molecular flexibility index (Phi) is 6.91. The Labute approximate surface area is 117 Å². The minimum absolute atomic E-state index is 0.189. The van der Waals surface area contributed by atoms with Gasteiger partial charge in [0.2, 0.25) is 0 Å². The molecule has 7 heteroatoms. The highest BCUT2D eigenvalue weighted by atomic mass is 16.5. The van der Waals surface area contributed by atoms with Crippen LogP contribution in [-0.4, -0.2) is 38.8 Å². The summed E-state index contributed by atoms with van der Waals surface area (Å²) in [6.07, 6.45) is -0.547. The Bertz CT molecular complexity index is 434. The molecule has 0 atom stereocenters. The molecule has 1 aromatic carbocycles. The van der Waals surface area contributed by atoms with Crippen LogP contribution in [0.15, 0.2) is 24.3 Å². The summed E-state index contributed by atoms with van der Waals surface area (Å²) in [6.45, 7) is 2.79. The molecule has 0 saturated heterocycles. The number of hydrogen-bond donors (Lipinski definition) is 3. The minimum Gasteiger partial charge on any atom is -0.497 e. The molecule has 7 nitrogen and oxygen atoms in total. The fourth-order valence-corrected chi connectivity index (χ4v) is 1.38. The Morgan fingerprint density at radius 2 is 1.85 bits per heavy atom. The van der Waals surface area contributed by atoms with Crippen molar-refractivity contribution in [1.29, 1.82) is 0 Å². The Morgan fingerprint density at radius 3 is 2.45 bits per heavy atom. The average Bonchev–Trinajstić information content (AvgIpc) is 2.47. The van der Waals surface area contributed by atoms with Crippen LogP contribution < -0.4 is 20.9 Å². The minimum atomic E-state index is -0.547. The second-order valence-electron chi connectivity index (χ2n) is 3.76. The van der Waals surface area contributed by atoms with Crippen LogP contribution in [0, 0.1) is 0 Å². The molecule has 0 aromatic heterocycles. The molecular formula is C13H19N3O4. The summed E-state index contributed by atoms with van der Waals surface area (Å²) < 4.78 is 9.66. The molecule has 0 fully saturated rings. The van der Waals surface area contributed by atoms with E-state index >= 15 is 0 Å². The lowest BCUT2D eigenvalue weighted by atomic mass is 10.2. The van der Waals surface area contributed by atoms with E-state index in [1.807, 2.05) is 0 Å². The van der Waals surface area contributed by atoms with Crippen molar-refractivity contribution in [2.75, 3.05) is 26.8 Å². The summed E-state index contributed by atoms with van der Waals surface area (Å²) >= 11 is 0. The van der Waals surface area contributed by atoms with E-state index in [2.05, 4.69) is 20.9 Å². The number of nitrogens with one attached hydrogen (secondary N) is 3. The van der Waals surface area contributed by atoms with E-state index in [4.69, 9.17) is 4.74 Å². The van der Waals surface area contributed by atoms with E-state index in [0.717, 1.165) is 0 Å². The molecule has 3 N–H and O–H groups in total. The van der Waals surface area contributed by atoms with Crippen LogP contribution in [0.1, 0.15) is 17.3 Å². The van der Waals surface area contributed by atoms with Crippen LogP contribution >= 0.6 is 0 Å². The van der Waals surface area contributed by atoms with Crippen LogP contribution in [0.25, 0.3) is 0 Å². The zero-order chi connectivity index (χ0) is 14.8. The van der Waals surface area contributed by atoms with Gasteiger partial charge < -0.3 is 14.8 Å². The van der Waals surface area contributed by atoms with Crippen molar-refractivity contribution in [2.24, 2.45) is 0 Å². The second-order valence-corrected chi connectivity index (χ2v) is 3.76. The van der Waals surface area contributed by atoms with E-state index < -0.39 is 6.09 Å². The molecule has 0 saturated carbocycles. The van der Waals surface area contributed by atoms with E-state index in [-0.39, 0.29) is 5.91 Å². The number of rotatable bonds is 7. The summed E-state index contributed by atoms with van der Waals surface area (Å²) in [5.74, 6) is 0.507. The van der Waals surface area contributed by atoms with Crippen molar-refractivity contribution < 1.29 is 19.1 Å². The maximum Gasteiger partial charge on any atom is 0.421 e.